The minimum atomic E-state index is -4.45. The highest BCUT2D eigenvalue weighted by Crippen LogP contribution is 2.32. The number of nitrogens with zero attached hydrogens (tertiary/aromatic N) is 3. The second kappa shape index (κ2) is 11.6. The summed E-state index contributed by atoms with van der Waals surface area (Å²) >= 11 is 0. The van der Waals surface area contributed by atoms with E-state index in [4.69, 9.17) is 18.6 Å². The zero-order valence-electron chi connectivity index (χ0n) is 22.0. The van der Waals surface area contributed by atoms with Crippen molar-refractivity contribution in [3.05, 3.63) is 107 Å². The quantitative estimate of drug-likeness (QED) is 0.172. The van der Waals surface area contributed by atoms with Crippen LogP contribution in [0.3, 0.4) is 0 Å². The van der Waals surface area contributed by atoms with Crippen LogP contribution in [-0.2, 0) is 19.4 Å². The summed E-state index contributed by atoms with van der Waals surface area (Å²) in [6, 6.07) is 19.2. The first kappa shape index (κ1) is 27.5. The van der Waals surface area contributed by atoms with Crippen LogP contribution in [0, 0.1) is 6.92 Å². The third-order valence-corrected chi connectivity index (χ3v) is 6.17. The largest absolute Gasteiger partial charge is 0.493 e. The number of halogens is 3. The summed E-state index contributed by atoms with van der Waals surface area (Å²) in [4.78, 5) is 16.1. The number of hydrogen-bond donors (Lipinski definition) is 0. The number of aryl methyl sites for hydroxylation is 1. The van der Waals surface area contributed by atoms with Crippen molar-refractivity contribution in [2.75, 3.05) is 7.11 Å². The van der Waals surface area contributed by atoms with Crippen LogP contribution in [0.1, 0.15) is 32.9 Å². The standard InChI is InChI=1S/C30H24F3N3O5/c1-19-25(34-28(41-19)21-6-4-3-5-7-21)18-39-26-13-8-20(14-27(26)38-2)17-40-29-22(16-37)15-36(35-29)24-11-9-23(10-12-24)30(31,32)33/h3-16H,17-18H2,1-2H3. The molecule has 0 bridgehead atoms. The summed E-state index contributed by atoms with van der Waals surface area (Å²) in [6.07, 6.45) is -2.50. The molecule has 0 unspecified atom stereocenters. The third kappa shape index (κ3) is 6.24. The normalized spacial score (nSPS) is 11.3. The van der Waals surface area contributed by atoms with Gasteiger partial charge in [0.05, 0.1) is 23.9 Å². The van der Waals surface area contributed by atoms with Gasteiger partial charge in [-0.1, -0.05) is 24.3 Å². The van der Waals surface area contributed by atoms with Crippen LogP contribution < -0.4 is 14.2 Å². The minimum absolute atomic E-state index is 0.0370. The Hall–Kier alpha value is -5.06. The van der Waals surface area contributed by atoms with Gasteiger partial charge in [0.25, 0.3) is 0 Å². The van der Waals surface area contributed by atoms with Gasteiger partial charge < -0.3 is 18.6 Å². The van der Waals surface area contributed by atoms with E-state index in [0.29, 0.717) is 46.4 Å². The number of aldehydes is 1. The summed E-state index contributed by atoms with van der Waals surface area (Å²) in [7, 11) is 1.51. The molecule has 11 heteroatoms. The van der Waals surface area contributed by atoms with Gasteiger partial charge in [-0.3, -0.25) is 4.79 Å². The number of methoxy groups -OCH3 is 1. The first-order valence-corrected chi connectivity index (χ1v) is 12.4. The zero-order chi connectivity index (χ0) is 29.0. The Balaban J connectivity index is 1.25. The number of carbonyl (C=O) groups excluding carboxylic acids is 1. The summed E-state index contributed by atoms with van der Waals surface area (Å²) < 4.78 is 62.9. The monoisotopic (exact) mass is 563 g/mol. The van der Waals surface area contributed by atoms with Gasteiger partial charge in [0.1, 0.15) is 24.7 Å². The van der Waals surface area contributed by atoms with Gasteiger partial charge in [0, 0.05) is 11.8 Å². The molecule has 5 aromatic rings. The summed E-state index contributed by atoms with van der Waals surface area (Å²) in [5.74, 6) is 2.14. The number of ether oxygens (including phenoxy) is 3. The SMILES string of the molecule is COc1cc(COc2nn(-c3ccc(C(F)(F)F)cc3)cc2C=O)ccc1OCc1nc(-c2ccccc2)oc1C. The fourth-order valence-electron chi connectivity index (χ4n) is 3.98. The highest BCUT2D eigenvalue weighted by Gasteiger charge is 2.30. The molecule has 0 saturated carbocycles. The maximum Gasteiger partial charge on any atom is 0.416 e. The van der Waals surface area contributed by atoms with E-state index in [1.165, 1.54) is 30.1 Å². The Bertz CT molecular complexity index is 1640. The van der Waals surface area contributed by atoms with E-state index in [-0.39, 0.29) is 24.7 Å². The number of carbonyl (C=O) groups is 1. The van der Waals surface area contributed by atoms with Crippen LogP contribution >= 0.6 is 0 Å². The highest BCUT2D eigenvalue weighted by molar-refractivity contribution is 5.78. The van der Waals surface area contributed by atoms with Gasteiger partial charge >= 0.3 is 6.18 Å². The maximum absolute atomic E-state index is 12.9. The van der Waals surface area contributed by atoms with Crippen molar-refractivity contribution in [1.82, 2.24) is 14.8 Å². The molecule has 2 aromatic heterocycles. The van der Waals surface area contributed by atoms with Crippen LogP contribution in [0.15, 0.2) is 83.4 Å². The number of aromatic nitrogens is 3. The van der Waals surface area contributed by atoms with Crippen molar-refractivity contribution in [2.45, 2.75) is 26.3 Å². The molecule has 0 spiro atoms. The highest BCUT2D eigenvalue weighted by atomic mass is 19.4. The van der Waals surface area contributed by atoms with Crippen molar-refractivity contribution in [3.8, 4) is 34.5 Å². The number of rotatable bonds is 10. The Morgan fingerprint density at radius 3 is 2.39 bits per heavy atom. The number of alkyl halides is 3. The molecule has 8 nitrogen and oxygen atoms in total. The average molecular weight is 564 g/mol. The lowest BCUT2D eigenvalue weighted by molar-refractivity contribution is -0.137. The smallest absolute Gasteiger partial charge is 0.416 e. The minimum Gasteiger partial charge on any atom is -0.493 e. The zero-order valence-corrected chi connectivity index (χ0v) is 22.0. The fourth-order valence-corrected chi connectivity index (χ4v) is 3.98. The van der Waals surface area contributed by atoms with E-state index in [9.17, 15) is 18.0 Å². The first-order chi connectivity index (χ1) is 19.7. The third-order valence-electron chi connectivity index (χ3n) is 6.17. The van der Waals surface area contributed by atoms with E-state index in [2.05, 4.69) is 10.1 Å². The Morgan fingerprint density at radius 2 is 1.71 bits per heavy atom. The Kier molecular flexibility index (Phi) is 7.77. The van der Waals surface area contributed by atoms with Crippen molar-refractivity contribution >= 4 is 6.29 Å². The van der Waals surface area contributed by atoms with Gasteiger partial charge in [-0.25, -0.2) is 9.67 Å². The molecule has 0 aliphatic carbocycles. The first-order valence-electron chi connectivity index (χ1n) is 12.4. The molecular weight excluding hydrogens is 539 g/mol. The van der Waals surface area contributed by atoms with Gasteiger partial charge in [0.15, 0.2) is 17.8 Å². The van der Waals surface area contributed by atoms with Crippen LogP contribution in [0.5, 0.6) is 17.4 Å². The van der Waals surface area contributed by atoms with E-state index in [1.807, 2.05) is 37.3 Å². The Morgan fingerprint density at radius 1 is 0.951 bits per heavy atom. The number of oxazole rings is 1. The summed E-state index contributed by atoms with van der Waals surface area (Å²) in [5.41, 5.74) is 1.94. The van der Waals surface area contributed by atoms with Crippen molar-refractivity contribution in [2.24, 2.45) is 0 Å². The van der Waals surface area contributed by atoms with Crippen LogP contribution in [0.4, 0.5) is 13.2 Å². The maximum atomic E-state index is 12.9. The fraction of sp³-hybridized carbons (Fsp3) is 0.167. The molecule has 0 amide bonds. The molecule has 0 radical (unpaired) electrons. The molecule has 0 atom stereocenters. The van der Waals surface area contributed by atoms with Gasteiger partial charge in [0.2, 0.25) is 11.8 Å². The number of benzene rings is 3. The van der Waals surface area contributed by atoms with Crippen molar-refractivity contribution < 1.29 is 36.6 Å². The van der Waals surface area contributed by atoms with Crippen LogP contribution in [0.25, 0.3) is 17.1 Å². The van der Waals surface area contributed by atoms with Crippen molar-refractivity contribution in [1.29, 1.82) is 0 Å². The molecule has 41 heavy (non-hydrogen) atoms. The average Bonchev–Trinajstić information content (AvgIpc) is 3.58. The molecule has 2 heterocycles. The molecular formula is C30H24F3N3O5. The molecule has 0 aliphatic heterocycles. The molecule has 3 aromatic carbocycles. The predicted octanol–water partition coefficient (Wildman–Crippen LogP) is 6.83. The van der Waals surface area contributed by atoms with Gasteiger partial charge in [-0.2, -0.15) is 13.2 Å². The lowest BCUT2D eigenvalue weighted by atomic mass is 10.2. The second-order valence-corrected chi connectivity index (χ2v) is 8.95. The topological polar surface area (TPSA) is 88.6 Å². The molecule has 0 saturated heterocycles. The van der Waals surface area contributed by atoms with Crippen LogP contribution in [-0.4, -0.2) is 28.2 Å². The van der Waals surface area contributed by atoms with E-state index in [0.717, 1.165) is 17.7 Å². The molecule has 0 fully saturated rings. The second-order valence-electron chi connectivity index (χ2n) is 8.95. The van der Waals surface area contributed by atoms with Crippen molar-refractivity contribution in [3.63, 3.8) is 0 Å². The van der Waals surface area contributed by atoms with E-state index in [1.54, 1.807) is 18.2 Å². The summed E-state index contributed by atoms with van der Waals surface area (Å²) in [6.45, 7) is 2.03. The Labute approximate surface area is 232 Å². The van der Waals surface area contributed by atoms with Gasteiger partial charge in [-0.05, 0) is 61.0 Å². The van der Waals surface area contributed by atoms with Crippen LogP contribution in [0.2, 0.25) is 0 Å². The number of hydrogen-bond acceptors (Lipinski definition) is 7. The van der Waals surface area contributed by atoms with E-state index < -0.39 is 11.7 Å². The van der Waals surface area contributed by atoms with Gasteiger partial charge in [-0.15, -0.1) is 5.10 Å². The lowest BCUT2D eigenvalue weighted by Crippen LogP contribution is -2.05. The van der Waals surface area contributed by atoms with E-state index >= 15 is 0 Å². The molecule has 0 aliphatic rings. The molecule has 5 rings (SSSR count). The molecule has 210 valence electrons. The predicted molar refractivity (Wildman–Crippen MR) is 142 cm³/mol. The molecule has 0 N–H and O–H groups in total. The lowest BCUT2D eigenvalue weighted by Gasteiger charge is -2.12. The summed E-state index contributed by atoms with van der Waals surface area (Å²) in [5, 5.41) is 4.22.